The van der Waals surface area contributed by atoms with Crippen LogP contribution in [0.5, 0.6) is 5.75 Å². The number of amides is 2. The molecule has 0 saturated carbocycles. The lowest BCUT2D eigenvalue weighted by Gasteiger charge is -2.28. The van der Waals surface area contributed by atoms with Crippen LogP contribution in [0.15, 0.2) is 60.7 Å². The molecule has 0 bridgehead atoms. The molecular formula is C30H28FN5O3. The van der Waals surface area contributed by atoms with Crippen LogP contribution in [-0.4, -0.2) is 52.8 Å². The first-order valence-corrected chi connectivity index (χ1v) is 13.2. The van der Waals surface area contributed by atoms with Crippen LogP contribution in [0.3, 0.4) is 0 Å². The molecule has 1 aromatic heterocycles. The van der Waals surface area contributed by atoms with E-state index in [0.29, 0.717) is 24.3 Å². The number of nitrogens with one attached hydrogen (secondary N) is 1. The average Bonchev–Trinajstić information content (AvgIpc) is 3.46. The highest BCUT2D eigenvalue weighted by Gasteiger charge is 2.36. The van der Waals surface area contributed by atoms with E-state index in [1.54, 1.807) is 6.07 Å². The molecule has 4 heterocycles. The zero-order chi connectivity index (χ0) is 26.5. The number of hydrogen-bond acceptors (Lipinski definition) is 5. The molecule has 2 saturated heterocycles. The van der Waals surface area contributed by atoms with Crippen LogP contribution < -0.4 is 15.8 Å². The third-order valence-electron chi connectivity index (χ3n) is 7.89. The summed E-state index contributed by atoms with van der Waals surface area (Å²) in [5.41, 5.74) is 12.0. The van der Waals surface area contributed by atoms with E-state index in [-0.39, 0.29) is 11.9 Å². The molecule has 3 aromatic carbocycles. The summed E-state index contributed by atoms with van der Waals surface area (Å²) >= 11 is 0. The first kappa shape index (κ1) is 23.9. The van der Waals surface area contributed by atoms with Gasteiger partial charge in [0.05, 0.1) is 30.3 Å². The highest BCUT2D eigenvalue weighted by atomic mass is 19.1. The number of imidazole rings is 1. The van der Waals surface area contributed by atoms with Gasteiger partial charge in [-0.1, -0.05) is 30.3 Å². The fourth-order valence-corrected chi connectivity index (χ4v) is 6.14. The molecule has 2 atom stereocenters. The second-order valence-corrected chi connectivity index (χ2v) is 10.3. The standard InChI is InChI=1S/C30H28FN5O3/c31-20-6-7-24-25(23-4-2-1-3-19(23)16-39-28(24)13-20)11-18-5-8-27-26(12-18)33-30(34-29(32)37)36(27)21-14-22-17-38-10-9-35(22)15-21/h1-8,11-13,21-22H,9-10,14-17H2,(H3,32,33,34,37)/t21-,22+/m0/s1. The molecule has 8 nitrogen and oxygen atoms in total. The van der Waals surface area contributed by atoms with Gasteiger partial charge in [-0.2, -0.15) is 0 Å². The second kappa shape index (κ2) is 9.52. The lowest BCUT2D eigenvalue weighted by atomic mass is 9.92. The average molecular weight is 526 g/mol. The first-order valence-electron chi connectivity index (χ1n) is 13.2. The minimum atomic E-state index is -0.646. The summed E-state index contributed by atoms with van der Waals surface area (Å²) in [6, 6.07) is 18.7. The number of rotatable bonds is 3. The van der Waals surface area contributed by atoms with Crippen molar-refractivity contribution in [2.45, 2.75) is 25.1 Å². The largest absolute Gasteiger partial charge is 0.488 e. The Labute approximate surface area is 224 Å². The van der Waals surface area contributed by atoms with E-state index in [1.807, 2.05) is 36.4 Å². The summed E-state index contributed by atoms with van der Waals surface area (Å²) < 4.78 is 27.9. The molecule has 3 aliphatic heterocycles. The summed E-state index contributed by atoms with van der Waals surface area (Å²) in [4.78, 5) is 19.1. The summed E-state index contributed by atoms with van der Waals surface area (Å²) in [6.45, 7) is 3.59. The normalized spacial score (nSPS) is 21.6. The van der Waals surface area contributed by atoms with E-state index in [2.05, 4.69) is 26.9 Å². The fraction of sp³-hybridized carbons (Fsp3) is 0.267. The Morgan fingerprint density at radius 2 is 2.00 bits per heavy atom. The first-order chi connectivity index (χ1) is 19.0. The molecule has 0 spiro atoms. The van der Waals surface area contributed by atoms with Gasteiger partial charge in [-0.3, -0.25) is 10.2 Å². The minimum Gasteiger partial charge on any atom is -0.488 e. The van der Waals surface area contributed by atoms with Crippen molar-refractivity contribution in [3.05, 3.63) is 88.7 Å². The highest BCUT2D eigenvalue weighted by Crippen LogP contribution is 2.39. The number of primary amides is 1. The van der Waals surface area contributed by atoms with Gasteiger partial charge in [0.1, 0.15) is 18.2 Å². The third-order valence-corrected chi connectivity index (χ3v) is 7.89. The van der Waals surface area contributed by atoms with Crippen LogP contribution in [-0.2, 0) is 11.3 Å². The Kier molecular flexibility index (Phi) is 5.82. The van der Waals surface area contributed by atoms with E-state index < -0.39 is 6.03 Å². The predicted molar refractivity (Wildman–Crippen MR) is 147 cm³/mol. The molecule has 9 heteroatoms. The molecule has 0 unspecified atom stereocenters. The highest BCUT2D eigenvalue weighted by molar-refractivity contribution is 5.96. The van der Waals surface area contributed by atoms with Crippen LogP contribution in [0.2, 0.25) is 0 Å². The third kappa shape index (κ3) is 4.33. The number of fused-ring (bicyclic) bond motifs is 4. The molecule has 39 heavy (non-hydrogen) atoms. The molecule has 3 aliphatic rings. The van der Waals surface area contributed by atoms with Gasteiger partial charge in [-0.15, -0.1) is 0 Å². The van der Waals surface area contributed by atoms with Gasteiger partial charge in [-0.25, -0.2) is 14.2 Å². The number of ether oxygens (including phenoxy) is 2. The summed E-state index contributed by atoms with van der Waals surface area (Å²) in [7, 11) is 0. The summed E-state index contributed by atoms with van der Waals surface area (Å²) in [5.74, 6) is 0.620. The maximum Gasteiger partial charge on any atom is 0.318 e. The van der Waals surface area contributed by atoms with Gasteiger partial charge < -0.3 is 19.8 Å². The number of nitrogens with two attached hydrogens (primary N) is 1. The van der Waals surface area contributed by atoms with Crippen molar-refractivity contribution in [1.29, 1.82) is 0 Å². The van der Waals surface area contributed by atoms with Gasteiger partial charge in [0, 0.05) is 30.8 Å². The number of carbonyl (C=O) groups excluding carboxylic acids is 1. The number of nitrogens with zero attached hydrogens (tertiary/aromatic N) is 3. The predicted octanol–water partition coefficient (Wildman–Crippen LogP) is 4.79. The van der Waals surface area contributed by atoms with Crippen molar-refractivity contribution in [3.8, 4) is 5.75 Å². The van der Waals surface area contributed by atoms with Crippen molar-refractivity contribution >= 4 is 34.7 Å². The van der Waals surface area contributed by atoms with E-state index >= 15 is 0 Å². The lowest BCUT2D eigenvalue weighted by molar-refractivity contribution is 0.0128. The Morgan fingerprint density at radius 3 is 2.87 bits per heavy atom. The number of benzene rings is 3. The van der Waals surface area contributed by atoms with E-state index in [0.717, 1.165) is 71.6 Å². The van der Waals surface area contributed by atoms with Gasteiger partial charge in [0.25, 0.3) is 0 Å². The number of hydrogen-bond donors (Lipinski definition) is 2. The van der Waals surface area contributed by atoms with Crippen LogP contribution in [0.25, 0.3) is 22.7 Å². The molecule has 7 rings (SSSR count). The smallest absolute Gasteiger partial charge is 0.318 e. The number of carbonyl (C=O) groups is 1. The van der Waals surface area contributed by atoms with Gasteiger partial charge >= 0.3 is 6.03 Å². The molecule has 3 N–H and O–H groups in total. The fourth-order valence-electron chi connectivity index (χ4n) is 6.14. The van der Waals surface area contributed by atoms with E-state index in [1.165, 1.54) is 12.1 Å². The van der Waals surface area contributed by atoms with Crippen molar-refractivity contribution in [2.75, 3.05) is 31.6 Å². The Hall–Kier alpha value is -4.21. The van der Waals surface area contributed by atoms with Gasteiger partial charge in [-0.05, 0) is 59.0 Å². The Morgan fingerprint density at radius 1 is 1.10 bits per heavy atom. The summed E-state index contributed by atoms with van der Waals surface area (Å²) in [6.07, 6.45) is 2.99. The van der Waals surface area contributed by atoms with Gasteiger partial charge in [0.2, 0.25) is 5.95 Å². The van der Waals surface area contributed by atoms with Crippen LogP contribution in [0.4, 0.5) is 15.1 Å². The minimum absolute atomic E-state index is 0.139. The number of urea groups is 1. The molecular weight excluding hydrogens is 497 g/mol. The monoisotopic (exact) mass is 525 g/mol. The second-order valence-electron chi connectivity index (χ2n) is 10.3. The number of morpholine rings is 1. The van der Waals surface area contributed by atoms with Crippen molar-refractivity contribution < 1.29 is 18.7 Å². The Balaban J connectivity index is 1.33. The molecule has 4 aromatic rings. The molecule has 2 amide bonds. The lowest BCUT2D eigenvalue weighted by Crippen LogP contribution is -2.40. The topological polar surface area (TPSA) is 94.6 Å². The van der Waals surface area contributed by atoms with Crippen LogP contribution in [0, 0.1) is 5.82 Å². The zero-order valence-corrected chi connectivity index (χ0v) is 21.3. The van der Waals surface area contributed by atoms with Gasteiger partial charge in [0.15, 0.2) is 0 Å². The molecule has 2 fully saturated rings. The summed E-state index contributed by atoms with van der Waals surface area (Å²) in [5, 5.41) is 2.73. The zero-order valence-electron chi connectivity index (χ0n) is 21.3. The van der Waals surface area contributed by atoms with E-state index in [9.17, 15) is 9.18 Å². The maximum atomic E-state index is 14.1. The Bertz CT molecular complexity index is 1620. The number of aromatic nitrogens is 2. The quantitative estimate of drug-likeness (QED) is 0.401. The van der Waals surface area contributed by atoms with Crippen LogP contribution >= 0.6 is 0 Å². The van der Waals surface area contributed by atoms with E-state index in [4.69, 9.17) is 20.2 Å². The molecule has 0 radical (unpaired) electrons. The van der Waals surface area contributed by atoms with Crippen molar-refractivity contribution in [1.82, 2.24) is 14.5 Å². The molecule has 198 valence electrons. The van der Waals surface area contributed by atoms with Crippen LogP contribution in [0.1, 0.15) is 34.7 Å². The number of halogens is 1. The SMILES string of the molecule is NC(=O)Nc1nc2cc(C=C3c4ccccc4COc4cc(F)ccc43)ccc2n1[C@H]1C[C@@H]2COCCN2C1. The van der Waals surface area contributed by atoms with Crippen molar-refractivity contribution in [3.63, 3.8) is 0 Å². The van der Waals surface area contributed by atoms with Crippen molar-refractivity contribution in [2.24, 2.45) is 5.73 Å². The maximum absolute atomic E-state index is 14.1. The number of anilines is 1. The molecule has 0 aliphatic carbocycles.